The summed E-state index contributed by atoms with van der Waals surface area (Å²) in [6.07, 6.45) is 4.85. The molecular weight excluding hydrogens is 506 g/mol. The number of ether oxygens (including phenoxy) is 1. The van der Waals surface area contributed by atoms with Gasteiger partial charge in [-0.2, -0.15) is 4.98 Å². The number of aromatic nitrogens is 3. The van der Waals surface area contributed by atoms with Gasteiger partial charge in [0.2, 0.25) is 11.8 Å². The van der Waals surface area contributed by atoms with Crippen LogP contribution in [0.3, 0.4) is 0 Å². The summed E-state index contributed by atoms with van der Waals surface area (Å²) in [5, 5.41) is 11.2. The highest BCUT2D eigenvalue weighted by Gasteiger charge is 2.41. The average Bonchev–Trinajstić information content (AvgIpc) is 3.70. The number of amides is 3. The van der Waals surface area contributed by atoms with E-state index in [9.17, 15) is 14.4 Å². The number of likely N-dealkylation sites (tertiary alicyclic amines) is 1. The molecule has 0 saturated carbocycles. The number of pyridine rings is 2. The monoisotopic (exact) mass is 535 g/mol. The highest BCUT2D eigenvalue weighted by atomic mass is 32.1. The fourth-order valence-corrected chi connectivity index (χ4v) is 5.61. The first-order valence-electron chi connectivity index (χ1n) is 12.6. The molecule has 0 radical (unpaired) electrons. The van der Waals surface area contributed by atoms with E-state index in [1.165, 1.54) is 18.3 Å². The van der Waals surface area contributed by atoms with E-state index in [4.69, 9.17) is 4.74 Å². The molecule has 0 aromatic carbocycles. The van der Waals surface area contributed by atoms with Gasteiger partial charge in [-0.1, -0.05) is 6.07 Å². The number of Topliss-reactive ketones (excluding diaryl/α,β-unsaturated/α-hetero) is 1. The van der Waals surface area contributed by atoms with Crippen molar-refractivity contribution in [3.8, 4) is 16.5 Å². The molecule has 3 atom stereocenters. The first-order valence-corrected chi connectivity index (χ1v) is 13.4. The van der Waals surface area contributed by atoms with Crippen LogP contribution < -0.4 is 20.7 Å². The number of urea groups is 1. The summed E-state index contributed by atoms with van der Waals surface area (Å²) in [5.41, 5.74) is 0.913. The van der Waals surface area contributed by atoms with Gasteiger partial charge in [0.25, 0.3) is 0 Å². The van der Waals surface area contributed by atoms with Crippen LogP contribution in [-0.4, -0.2) is 69.4 Å². The third-order valence-electron chi connectivity index (χ3n) is 6.68. The molecule has 2 saturated heterocycles. The SMILES string of the molecule is CC(=O)N1CCCC1C(=O)C(Oc1cccc(NC(=O)Nc2csc(-c3ccncc3)n2)n1)C1CCNC1. The van der Waals surface area contributed by atoms with Crippen molar-refractivity contribution in [1.82, 2.24) is 25.2 Å². The molecule has 5 heterocycles. The van der Waals surface area contributed by atoms with Crippen LogP contribution in [0.4, 0.5) is 16.4 Å². The molecule has 3 aromatic rings. The number of ketones is 1. The van der Waals surface area contributed by atoms with Crippen molar-refractivity contribution < 1.29 is 19.1 Å². The lowest BCUT2D eigenvalue weighted by Crippen LogP contribution is -2.48. The van der Waals surface area contributed by atoms with Crippen molar-refractivity contribution in [1.29, 1.82) is 0 Å². The number of carbonyl (C=O) groups excluding carboxylic acids is 3. The lowest BCUT2D eigenvalue weighted by atomic mass is 9.93. The maximum Gasteiger partial charge on any atom is 0.326 e. The number of thiazole rings is 1. The maximum atomic E-state index is 13.6. The van der Waals surface area contributed by atoms with E-state index in [0.717, 1.165) is 30.0 Å². The molecule has 12 heteroatoms. The number of nitrogens with one attached hydrogen (secondary N) is 3. The summed E-state index contributed by atoms with van der Waals surface area (Å²) in [6, 6.07) is 7.71. The Labute approximate surface area is 224 Å². The van der Waals surface area contributed by atoms with Gasteiger partial charge in [-0.25, -0.2) is 9.78 Å². The number of hydrogen-bond acceptors (Lipinski definition) is 9. The Morgan fingerprint density at radius 3 is 2.68 bits per heavy atom. The first kappa shape index (κ1) is 25.7. The standard InChI is InChI=1S/C26H29N7O4S/c1-16(34)33-13-3-4-19(33)23(35)24(18-9-12-28-14-18)37-22-6-2-5-20(29-22)31-26(36)32-21-15-38-25(30-21)17-7-10-27-11-8-17/h2,5-8,10-11,15,18-19,24,28H,3-4,9,12-14H2,1H3,(H2,29,31,32,36). The Balaban J connectivity index is 1.25. The van der Waals surface area contributed by atoms with Gasteiger partial charge in [0.1, 0.15) is 16.6 Å². The minimum Gasteiger partial charge on any atom is -0.466 e. The number of nitrogens with zero attached hydrogens (tertiary/aromatic N) is 4. The van der Waals surface area contributed by atoms with Gasteiger partial charge >= 0.3 is 6.03 Å². The predicted octanol–water partition coefficient (Wildman–Crippen LogP) is 3.18. The fourth-order valence-electron chi connectivity index (χ4n) is 4.85. The molecule has 3 unspecified atom stereocenters. The highest BCUT2D eigenvalue weighted by molar-refractivity contribution is 7.13. The van der Waals surface area contributed by atoms with Crippen molar-refractivity contribution >= 4 is 40.7 Å². The Bertz CT molecular complexity index is 1300. The van der Waals surface area contributed by atoms with Gasteiger partial charge in [0.05, 0.1) is 6.04 Å². The summed E-state index contributed by atoms with van der Waals surface area (Å²) in [6.45, 7) is 3.52. The second-order valence-electron chi connectivity index (χ2n) is 9.28. The molecule has 198 valence electrons. The van der Waals surface area contributed by atoms with Crippen LogP contribution in [-0.2, 0) is 9.59 Å². The molecular formula is C26H29N7O4S. The van der Waals surface area contributed by atoms with E-state index in [0.29, 0.717) is 25.3 Å². The van der Waals surface area contributed by atoms with Crippen LogP contribution >= 0.6 is 11.3 Å². The van der Waals surface area contributed by atoms with Crippen molar-refractivity contribution in [2.45, 2.75) is 38.3 Å². The van der Waals surface area contributed by atoms with Crippen LogP contribution in [0.1, 0.15) is 26.2 Å². The average molecular weight is 536 g/mol. The lowest BCUT2D eigenvalue weighted by Gasteiger charge is -2.29. The minimum absolute atomic E-state index is 0.0297. The minimum atomic E-state index is -0.742. The zero-order chi connectivity index (χ0) is 26.5. The van der Waals surface area contributed by atoms with Crippen molar-refractivity contribution in [2.24, 2.45) is 5.92 Å². The van der Waals surface area contributed by atoms with Crippen molar-refractivity contribution in [3.05, 3.63) is 48.1 Å². The molecule has 3 amide bonds. The van der Waals surface area contributed by atoms with E-state index in [1.54, 1.807) is 40.9 Å². The van der Waals surface area contributed by atoms with Gasteiger partial charge < -0.3 is 15.0 Å². The molecule has 2 fully saturated rings. The topological polar surface area (TPSA) is 138 Å². The second-order valence-corrected chi connectivity index (χ2v) is 10.1. The maximum absolute atomic E-state index is 13.6. The van der Waals surface area contributed by atoms with E-state index >= 15 is 0 Å². The first-order chi connectivity index (χ1) is 18.5. The van der Waals surface area contributed by atoms with Gasteiger partial charge in [-0.05, 0) is 44.0 Å². The molecule has 3 aromatic heterocycles. The van der Waals surface area contributed by atoms with Crippen molar-refractivity contribution in [3.63, 3.8) is 0 Å². The molecule has 0 spiro atoms. The van der Waals surface area contributed by atoms with Crippen LogP contribution in [0.5, 0.6) is 5.88 Å². The second kappa shape index (κ2) is 11.7. The molecule has 0 aliphatic carbocycles. The van der Waals surface area contributed by atoms with E-state index in [-0.39, 0.29) is 29.3 Å². The predicted molar refractivity (Wildman–Crippen MR) is 143 cm³/mol. The number of anilines is 2. The number of hydrogen-bond donors (Lipinski definition) is 3. The van der Waals surface area contributed by atoms with Crippen molar-refractivity contribution in [2.75, 3.05) is 30.3 Å². The van der Waals surface area contributed by atoms with Crippen LogP contribution in [0.25, 0.3) is 10.6 Å². The Morgan fingerprint density at radius 2 is 1.92 bits per heavy atom. The third kappa shape index (κ3) is 5.97. The van der Waals surface area contributed by atoms with Crippen LogP contribution in [0.15, 0.2) is 48.1 Å². The Hall–Kier alpha value is -3.90. The summed E-state index contributed by atoms with van der Waals surface area (Å²) in [7, 11) is 0. The molecule has 2 aliphatic heterocycles. The summed E-state index contributed by atoms with van der Waals surface area (Å²) in [5.74, 6) is 0.682. The van der Waals surface area contributed by atoms with Crippen LogP contribution in [0, 0.1) is 5.92 Å². The molecule has 3 N–H and O–H groups in total. The quantitative estimate of drug-likeness (QED) is 0.400. The Morgan fingerprint density at radius 1 is 1.11 bits per heavy atom. The molecule has 2 aliphatic rings. The Kier molecular flexibility index (Phi) is 7.89. The fraction of sp³-hybridized carbons (Fsp3) is 0.385. The highest BCUT2D eigenvalue weighted by Crippen LogP contribution is 2.27. The van der Waals surface area contributed by atoms with E-state index in [2.05, 4.69) is 30.9 Å². The number of carbonyl (C=O) groups is 3. The molecule has 11 nitrogen and oxygen atoms in total. The van der Waals surface area contributed by atoms with E-state index in [1.807, 2.05) is 12.1 Å². The van der Waals surface area contributed by atoms with Gasteiger partial charge in [0, 0.05) is 55.3 Å². The zero-order valence-electron chi connectivity index (χ0n) is 20.9. The lowest BCUT2D eigenvalue weighted by molar-refractivity contribution is -0.140. The normalized spacial score (nSPS) is 19.7. The van der Waals surface area contributed by atoms with Gasteiger partial charge in [0.15, 0.2) is 11.9 Å². The molecule has 38 heavy (non-hydrogen) atoms. The van der Waals surface area contributed by atoms with Gasteiger partial charge in [-0.3, -0.25) is 25.2 Å². The van der Waals surface area contributed by atoms with Crippen LogP contribution in [0.2, 0.25) is 0 Å². The summed E-state index contributed by atoms with van der Waals surface area (Å²) in [4.78, 5) is 52.7. The number of rotatable bonds is 8. The third-order valence-corrected chi connectivity index (χ3v) is 7.57. The van der Waals surface area contributed by atoms with Gasteiger partial charge in [-0.15, -0.1) is 11.3 Å². The molecule has 0 bridgehead atoms. The summed E-state index contributed by atoms with van der Waals surface area (Å²) >= 11 is 1.41. The zero-order valence-corrected chi connectivity index (χ0v) is 21.7. The largest absolute Gasteiger partial charge is 0.466 e. The summed E-state index contributed by atoms with van der Waals surface area (Å²) < 4.78 is 6.17. The van der Waals surface area contributed by atoms with E-state index < -0.39 is 18.2 Å². The smallest absolute Gasteiger partial charge is 0.326 e. The molecule has 5 rings (SSSR count).